The molecule has 0 fully saturated rings. The lowest BCUT2D eigenvalue weighted by Gasteiger charge is -2.10. The number of aryl methyl sites for hydroxylation is 1. The van der Waals surface area contributed by atoms with Crippen molar-refractivity contribution < 1.29 is 14.6 Å². The van der Waals surface area contributed by atoms with E-state index in [1.807, 2.05) is 13.0 Å². The minimum absolute atomic E-state index is 0.242. The normalized spacial score (nSPS) is 10.3. The zero-order valence-corrected chi connectivity index (χ0v) is 12.5. The summed E-state index contributed by atoms with van der Waals surface area (Å²) in [6.45, 7) is 3.06. The van der Waals surface area contributed by atoms with Gasteiger partial charge in [-0.1, -0.05) is 0 Å². The molecule has 0 bridgehead atoms. The van der Waals surface area contributed by atoms with Crippen molar-refractivity contribution >= 4 is 23.4 Å². The fourth-order valence-electron chi connectivity index (χ4n) is 1.82. The number of anilines is 3. The van der Waals surface area contributed by atoms with Gasteiger partial charge in [-0.05, 0) is 31.2 Å². The lowest BCUT2D eigenvalue weighted by Crippen LogP contribution is -2.11. The van der Waals surface area contributed by atoms with Crippen LogP contribution < -0.4 is 10.6 Å². The molecule has 0 aliphatic rings. The van der Waals surface area contributed by atoms with E-state index in [4.69, 9.17) is 9.84 Å². The largest absolute Gasteiger partial charge is 0.478 e. The van der Waals surface area contributed by atoms with Crippen molar-refractivity contribution in [2.75, 3.05) is 30.9 Å². The van der Waals surface area contributed by atoms with E-state index in [1.54, 1.807) is 19.2 Å². The zero-order chi connectivity index (χ0) is 15.9. The first kappa shape index (κ1) is 15.7. The number of nitrogens with one attached hydrogen (secondary N) is 2. The summed E-state index contributed by atoms with van der Waals surface area (Å²) in [5.41, 5.74) is 1.82. The molecule has 0 atom stereocenters. The van der Waals surface area contributed by atoms with Gasteiger partial charge in [0.15, 0.2) is 0 Å². The Morgan fingerprint density at radius 2 is 2.00 bits per heavy atom. The van der Waals surface area contributed by atoms with E-state index >= 15 is 0 Å². The molecule has 0 unspecified atom stereocenters. The highest BCUT2D eigenvalue weighted by Crippen LogP contribution is 2.17. The molecule has 3 N–H and O–H groups in total. The third-order valence-electron chi connectivity index (χ3n) is 2.85. The molecule has 2 rings (SSSR count). The number of methoxy groups -OCH3 is 1. The predicted molar refractivity (Wildman–Crippen MR) is 83.8 cm³/mol. The Morgan fingerprint density at radius 3 is 2.64 bits per heavy atom. The van der Waals surface area contributed by atoms with Crippen molar-refractivity contribution in [3.05, 3.63) is 41.6 Å². The number of ether oxygens (including phenoxy) is 1. The molecule has 0 saturated heterocycles. The van der Waals surface area contributed by atoms with E-state index in [1.165, 1.54) is 12.1 Å². The van der Waals surface area contributed by atoms with Crippen molar-refractivity contribution in [3.8, 4) is 0 Å². The number of nitrogens with zero attached hydrogens (tertiary/aromatic N) is 2. The summed E-state index contributed by atoms with van der Waals surface area (Å²) in [7, 11) is 1.63. The van der Waals surface area contributed by atoms with Gasteiger partial charge in [-0.3, -0.25) is 0 Å². The summed E-state index contributed by atoms with van der Waals surface area (Å²) in [5.74, 6) is 0.200. The van der Waals surface area contributed by atoms with Crippen LogP contribution in [0.1, 0.15) is 16.1 Å². The van der Waals surface area contributed by atoms with Crippen LogP contribution in [0.2, 0.25) is 0 Å². The Balaban J connectivity index is 2.09. The van der Waals surface area contributed by atoms with Crippen LogP contribution in [0.4, 0.5) is 17.5 Å². The third kappa shape index (κ3) is 4.42. The lowest BCUT2D eigenvalue weighted by molar-refractivity contribution is 0.0697. The van der Waals surface area contributed by atoms with Crippen molar-refractivity contribution in [1.29, 1.82) is 0 Å². The third-order valence-corrected chi connectivity index (χ3v) is 2.85. The van der Waals surface area contributed by atoms with Gasteiger partial charge in [0.1, 0.15) is 5.82 Å². The molecule has 22 heavy (non-hydrogen) atoms. The van der Waals surface area contributed by atoms with Crippen LogP contribution in [0.25, 0.3) is 0 Å². The monoisotopic (exact) mass is 302 g/mol. The summed E-state index contributed by atoms with van der Waals surface area (Å²) in [6.07, 6.45) is 0. The quantitative estimate of drug-likeness (QED) is 0.675. The maximum atomic E-state index is 10.8. The lowest BCUT2D eigenvalue weighted by atomic mass is 10.2. The van der Waals surface area contributed by atoms with Crippen molar-refractivity contribution in [2.45, 2.75) is 6.92 Å². The number of carbonyl (C=O) groups is 1. The van der Waals surface area contributed by atoms with Gasteiger partial charge < -0.3 is 20.5 Å². The average molecular weight is 302 g/mol. The van der Waals surface area contributed by atoms with Crippen LogP contribution in [0.5, 0.6) is 0 Å². The molecule has 1 heterocycles. The van der Waals surface area contributed by atoms with E-state index in [-0.39, 0.29) is 5.56 Å². The fourth-order valence-corrected chi connectivity index (χ4v) is 1.82. The number of hydrogen-bond donors (Lipinski definition) is 3. The standard InChI is InChI=1S/C15H18N4O3/c1-10-9-13(19-15(17-10)16-7-8-22-2)18-12-5-3-11(4-6-12)14(20)21/h3-6,9H,7-8H2,1-2H3,(H,20,21)(H2,16,17,18,19). The summed E-state index contributed by atoms with van der Waals surface area (Å²) in [5, 5.41) is 15.1. The first-order chi connectivity index (χ1) is 10.6. The van der Waals surface area contributed by atoms with Crippen LogP contribution >= 0.6 is 0 Å². The van der Waals surface area contributed by atoms with E-state index in [9.17, 15) is 4.79 Å². The fraction of sp³-hybridized carbons (Fsp3) is 0.267. The Bertz CT molecular complexity index is 644. The van der Waals surface area contributed by atoms with Crippen LogP contribution in [0.15, 0.2) is 30.3 Å². The predicted octanol–water partition coefficient (Wildman–Crippen LogP) is 2.29. The van der Waals surface area contributed by atoms with Crippen LogP contribution in [-0.2, 0) is 4.74 Å². The van der Waals surface area contributed by atoms with Crippen molar-refractivity contribution in [3.63, 3.8) is 0 Å². The highest BCUT2D eigenvalue weighted by molar-refractivity contribution is 5.88. The number of rotatable bonds is 7. The van der Waals surface area contributed by atoms with Gasteiger partial charge in [-0.2, -0.15) is 4.98 Å². The number of hydrogen-bond acceptors (Lipinski definition) is 6. The molecule has 0 spiro atoms. The Hall–Kier alpha value is -2.67. The molecular weight excluding hydrogens is 284 g/mol. The van der Waals surface area contributed by atoms with Gasteiger partial charge in [-0.25, -0.2) is 9.78 Å². The Labute approximate surface area is 128 Å². The first-order valence-corrected chi connectivity index (χ1v) is 6.77. The summed E-state index contributed by atoms with van der Waals surface area (Å²) in [4.78, 5) is 19.5. The Morgan fingerprint density at radius 1 is 1.27 bits per heavy atom. The van der Waals surface area contributed by atoms with E-state index in [0.29, 0.717) is 24.9 Å². The Kier molecular flexibility index (Phi) is 5.26. The van der Waals surface area contributed by atoms with Gasteiger partial charge in [-0.15, -0.1) is 0 Å². The maximum Gasteiger partial charge on any atom is 0.335 e. The molecule has 0 aliphatic heterocycles. The van der Waals surface area contributed by atoms with Crippen LogP contribution in [-0.4, -0.2) is 41.3 Å². The minimum Gasteiger partial charge on any atom is -0.478 e. The van der Waals surface area contributed by atoms with E-state index in [2.05, 4.69) is 20.6 Å². The van der Waals surface area contributed by atoms with Gasteiger partial charge >= 0.3 is 5.97 Å². The molecule has 1 aromatic carbocycles. The molecule has 0 saturated carbocycles. The molecule has 7 nitrogen and oxygen atoms in total. The molecule has 1 aromatic heterocycles. The summed E-state index contributed by atoms with van der Waals surface area (Å²) < 4.78 is 4.97. The second-order valence-electron chi connectivity index (χ2n) is 4.65. The van der Waals surface area contributed by atoms with E-state index < -0.39 is 5.97 Å². The molecule has 0 amide bonds. The van der Waals surface area contributed by atoms with E-state index in [0.717, 1.165) is 11.4 Å². The first-order valence-electron chi connectivity index (χ1n) is 6.77. The number of carboxylic acids is 1. The number of carboxylic acid groups (broad SMARTS) is 1. The molecule has 7 heteroatoms. The highest BCUT2D eigenvalue weighted by Gasteiger charge is 2.04. The topological polar surface area (TPSA) is 96.4 Å². The van der Waals surface area contributed by atoms with Gasteiger partial charge in [0.25, 0.3) is 0 Å². The summed E-state index contributed by atoms with van der Waals surface area (Å²) in [6, 6.07) is 8.28. The number of benzene rings is 1. The second kappa shape index (κ2) is 7.37. The second-order valence-corrected chi connectivity index (χ2v) is 4.65. The molecule has 0 radical (unpaired) electrons. The SMILES string of the molecule is COCCNc1nc(C)cc(Nc2ccc(C(=O)O)cc2)n1. The minimum atomic E-state index is -0.950. The smallest absolute Gasteiger partial charge is 0.335 e. The molecule has 0 aliphatic carbocycles. The van der Waals surface area contributed by atoms with Gasteiger partial charge in [0, 0.05) is 31.1 Å². The van der Waals surface area contributed by atoms with Crippen molar-refractivity contribution in [1.82, 2.24) is 9.97 Å². The van der Waals surface area contributed by atoms with Gasteiger partial charge in [0.2, 0.25) is 5.95 Å². The zero-order valence-electron chi connectivity index (χ0n) is 12.5. The highest BCUT2D eigenvalue weighted by atomic mass is 16.5. The van der Waals surface area contributed by atoms with Crippen LogP contribution in [0, 0.1) is 6.92 Å². The number of aromatic carboxylic acids is 1. The average Bonchev–Trinajstić information content (AvgIpc) is 2.47. The van der Waals surface area contributed by atoms with Gasteiger partial charge in [0.05, 0.1) is 12.2 Å². The van der Waals surface area contributed by atoms with Crippen molar-refractivity contribution in [2.24, 2.45) is 0 Å². The molecular formula is C15H18N4O3. The van der Waals surface area contributed by atoms with Crippen LogP contribution in [0.3, 0.4) is 0 Å². The maximum absolute atomic E-state index is 10.8. The number of aromatic nitrogens is 2. The summed E-state index contributed by atoms with van der Waals surface area (Å²) >= 11 is 0. The molecule has 2 aromatic rings. The molecule has 116 valence electrons.